The molecule has 6 heteroatoms. The maximum Gasteiger partial charge on any atom is 0.326 e. The predicted molar refractivity (Wildman–Crippen MR) is 74.3 cm³/mol. The van der Waals surface area contributed by atoms with E-state index in [0.717, 1.165) is 5.56 Å². The van der Waals surface area contributed by atoms with Crippen molar-refractivity contribution in [2.45, 2.75) is 6.04 Å². The van der Waals surface area contributed by atoms with E-state index >= 15 is 0 Å². The standard InChI is InChI=1S/C14H13NO4S/c16-14(17)13(15-20(18)19)12-9-5-4-8-11(12)10-6-2-1-3-7-10/h1-9,13,15H,(H,16,17)(H,18,19)/p-1. The van der Waals surface area contributed by atoms with Crippen molar-refractivity contribution in [3.63, 3.8) is 0 Å². The number of rotatable bonds is 5. The second kappa shape index (κ2) is 6.42. The van der Waals surface area contributed by atoms with Crippen LogP contribution in [-0.4, -0.2) is 19.8 Å². The van der Waals surface area contributed by atoms with Gasteiger partial charge in [-0.15, -0.1) is 0 Å². The number of aliphatic carboxylic acids is 1. The zero-order valence-corrected chi connectivity index (χ0v) is 11.2. The maximum atomic E-state index is 11.3. The highest BCUT2D eigenvalue weighted by Gasteiger charge is 2.22. The molecule has 0 spiro atoms. The van der Waals surface area contributed by atoms with Gasteiger partial charge in [-0.3, -0.25) is 9.00 Å². The van der Waals surface area contributed by atoms with Gasteiger partial charge in [0.25, 0.3) is 0 Å². The Morgan fingerprint density at radius 2 is 1.70 bits per heavy atom. The molecule has 2 N–H and O–H groups in total. The minimum Gasteiger partial charge on any atom is -0.760 e. The Balaban J connectivity index is 2.51. The van der Waals surface area contributed by atoms with Crippen LogP contribution in [-0.2, 0) is 16.1 Å². The SMILES string of the molecule is O=C(O)C(NS(=O)[O-])c1ccccc1-c1ccccc1. The molecule has 0 bridgehead atoms. The first kappa shape index (κ1) is 14.4. The molecule has 0 aliphatic rings. The number of carboxylic acids is 1. The summed E-state index contributed by atoms with van der Waals surface area (Å²) < 4.78 is 23.5. The van der Waals surface area contributed by atoms with Gasteiger partial charge in [-0.1, -0.05) is 54.6 Å². The molecular formula is C14H12NO4S-. The van der Waals surface area contributed by atoms with Gasteiger partial charge < -0.3 is 9.66 Å². The van der Waals surface area contributed by atoms with Crippen LogP contribution in [0, 0.1) is 0 Å². The van der Waals surface area contributed by atoms with Crippen molar-refractivity contribution in [3.8, 4) is 11.1 Å². The molecule has 0 amide bonds. The van der Waals surface area contributed by atoms with Crippen LogP contribution >= 0.6 is 0 Å². The van der Waals surface area contributed by atoms with Gasteiger partial charge in [0, 0.05) is 11.3 Å². The van der Waals surface area contributed by atoms with Crippen LogP contribution in [0.1, 0.15) is 11.6 Å². The maximum absolute atomic E-state index is 11.3. The van der Waals surface area contributed by atoms with Crippen molar-refractivity contribution in [3.05, 3.63) is 60.2 Å². The number of nitrogens with one attached hydrogen (secondary N) is 1. The molecular weight excluding hydrogens is 278 g/mol. The van der Waals surface area contributed by atoms with E-state index in [2.05, 4.69) is 0 Å². The normalized spacial score (nSPS) is 13.7. The Hall–Kier alpha value is -2.02. The highest BCUT2D eigenvalue weighted by molar-refractivity contribution is 7.77. The number of hydrogen-bond acceptors (Lipinski definition) is 3. The fraction of sp³-hybridized carbons (Fsp3) is 0.0714. The third-order valence-corrected chi connectivity index (χ3v) is 3.25. The van der Waals surface area contributed by atoms with E-state index in [9.17, 15) is 18.7 Å². The van der Waals surface area contributed by atoms with E-state index in [-0.39, 0.29) is 0 Å². The fourth-order valence-corrected chi connectivity index (χ4v) is 2.39. The van der Waals surface area contributed by atoms with E-state index in [1.165, 1.54) is 0 Å². The lowest BCUT2D eigenvalue weighted by Crippen LogP contribution is -2.30. The zero-order valence-electron chi connectivity index (χ0n) is 10.4. The van der Waals surface area contributed by atoms with Crippen LogP contribution in [0.4, 0.5) is 0 Å². The molecule has 0 fully saturated rings. The van der Waals surface area contributed by atoms with Crippen LogP contribution in [0.25, 0.3) is 11.1 Å². The molecule has 0 radical (unpaired) electrons. The summed E-state index contributed by atoms with van der Waals surface area (Å²) >= 11 is -2.66. The number of carbonyl (C=O) groups is 1. The Morgan fingerprint density at radius 3 is 2.30 bits per heavy atom. The van der Waals surface area contributed by atoms with Crippen LogP contribution in [0.2, 0.25) is 0 Å². The number of benzene rings is 2. The van der Waals surface area contributed by atoms with Crippen molar-refractivity contribution < 1.29 is 18.7 Å². The Bertz CT molecular complexity index is 630. The predicted octanol–water partition coefficient (Wildman–Crippen LogP) is 1.86. The summed E-state index contributed by atoms with van der Waals surface area (Å²) in [6.07, 6.45) is 0. The largest absolute Gasteiger partial charge is 0.760 e. The average Bonchev–Trinajstić information content (AvgIpc) is 2.45. The van der Waals surface area contributed by atoms with Crippen LogP contribution < -0.4 is 4.72 Å². The number of carboxylic acid groups (broad SMARTS) is 1. The summed E-state index contributed by atoms with van der Waals surface area (Å²) in [6, 6.07) is 14.7. The van der Waals surface area contributed by atoms with Gasteiger partial charge in [0.05, 0.1) is 0 Å². The van der Waals surface area contributed by atoms with Crippen LogP contribution in [0.3, 0.4) is 0 Å². The first-order valence-electron chi connectivity index (χ1n) is 5.82. The van der Waals surface area contributed by atoms with E-state index in [1.54, 1.807) is 24.3 Å². The molecule has 0 saturated carbocycles. The molecule has 2 atom stereocenters. The second-order valence-corrected chi connectivity index (χ2v) is 4.78. The van der Waals surface area contributed by atoms with Crippen molar-refractivity contribution in [2.24, 2.45) is 0 Å². The van der Waals surface area contributed by atoms with E-state index in [1.807, 2.05) is 35.1 Å². The second-order valence-electron chi connectivity index (χ2n) is 4.08. The third-order valence-electron chi connectivity index (χ3n) is 2.82. The van der Waals surface area contributed by atoms with Gasteiger partial charge in [-0.2, -0.15) is 0 Å². The quantitative estimate of drug-likeness (QED) is 0.822. The molecule has 2 aromatic rings. The van der Waals surface area contributed by atoms with Gasteiger partial charge in [0.1, 0.15) is 6.04 Å². The van der Waals surface area contributed by atoms with Crippen molar-refractivity contribution >= 4 is 17.2 Å². The van der Waals surface area contributed by atoms with Crippen molar-refractivity contribution in [2.75, 3.05) is 0 Å². The molecule has 104 valence electrons. The lowest BCUT2D eigenvalue weighted by Gasteiger charge is -2.19. The van der Waals surface area contributed by atoms with Crippen LogP contribution in [0.5, 0.6) is 0 Å². The van der Waals surface area contributed by atoms with Gasteiger partial charge in [0.2, 0.25) is 0 Å². The summed E-state index contributed by atoms with van der Waals surface area (Å²) in [7, 11) is 0. The van der Waals surface area contributed by atoms with Crippen LogP contribution in [0.15, 0.2) is 54.6 Å². The summed E-state index contributed by atoms with van der Waals surface area (Å²) in [5.74, 6) is -1.25. The van der Waals surface area contributed by atoms with Gasteiger partial charge in [-0.25, -0.2) is 4.72 Å². The molecule has 2 unspecified atom stereocenters. The third kappa shape index (κ3) is 3.30. The Labute approximate surface area is 118 Å². The van der Waals surface area contributed by atoms with E-state index < -0.39 is 23.3 Å². The average molecular weight is 290 g/mol. The molecule has 0 saturated heterocycles. The molecule has 20 heavy (non-hydrogen) atoms. The smallest absolute Gasteiger partial charge is 0.326 e. The topological polar surface area (TPSA) is 89.5 Å². The highest BCUT2D eigenvalue weighted by Crippen LogP contribution is 2.28. The molecule has 0 aliphatic carbocycles. The fourth-order valence-electron chi connectivity index (χ4n) is 1.97. The first-order chi connectivity index (χ1) is 9.59. The summed E-state index contributed by atoms with van der Waals surface area (Å²) in [6.45, 7) is 0. The highest BCUT2D eigenvalue weighted by atomic mass is 32.2. The van der Waals surface area contributed by atoms with E-state index in [0.29, 0.717) is 11.1 Å². The molecule has 2 rings (SSSR count). The van der Waals surface area contributed by atoms with Gasteiger partial charge >= 0.3 is 5.97 Å². The zero-order chi connectivity index (χ0) is 14.5. The lowest BCUT2D eigenvalue weighted by atomic mass is 9.95. The first-order valence-corrected chi connectivity index (χ1v) is 6.89. The molecule has 0 heterocycles. The Morgan fingerprint density at radius 1 is 1.10 bits per heavy atom. The van der Waals surface area contributed by atoms with Gasteiger partial charge in [-0.05, 0) is 16.7 Å². The van der Waals surface area contributed by atoms with E-state index in [4.69, 9.17) is 0 Å². The minimum atomic E-state index is -2.66. The van der Waals surface area contributed by atoms with Crippen molar-refractivity contribution in [1.29, 1.82) is 0 Å². The summed E-state index contributed by atoms with van der Waals surface area (Å²) in [5.41, 5.74) is 1.90. The van der Waals surface area contributed by atoms with Crippen molar-refractivity contribution in [1.82, 2.24) is 4.72 Å². The summed E-state index contributed by atoms with van der Waals surface area (Å²) in [5, 5.41) is 9.21. The minimum absolute atomic E-state index is 0.399. The molecule has 0 aliphatic heterocycles. The Kier molecular flexibility index (Phi) is 4.62. The monoisotopic (exact) mass is 290 g/mol. The van der Waals surface area contributed by atoms with Gasteiger partial charge in [0.15, 0.2) is 0 Å². The molecule has 2 aromatic carbocycles. The molecule has 0 aromatic heterocycles. The molecule has 5 nitrogen and oxygen atoms in total. The summed E-state index contributed by atoms with van der Waals surface area (Å²) in [4.78, 5) is 11.3. The lowest BCUT2D eigenvalue weighted by molar-refractivity contribution is -0.139. The number of hydrogen-bond donors (Lipinski definition) is 2.